The summed E-state index contributed by atoms with van der Waals surface area (Å²) in [5, 5.41) is 2.55. The Bertz CT molecular complexity index is 462. The number of ether oxygens (including phenoxy) is 1. The van der Waals surface area contributed by atoms with Crippen molar-refractivity contribution in [3.05, 3.63) is 23.3 Å². The number of nitrogens with one attached hydrogen (secondary N) is 1. The van der Waals surface area contributed by atoms with Crippen LogP contribution in [0.15, 0.2) is 12.1 Å². The maximum Gasteiger partial charge on any atom is 0.387 e. The molecular weight excluding hydrogens is 254 g/mol. The Morgan fingerprint density at radius 2 is 2.05 bits per heavy atom. The number of rotatable bonds is 5. The number of amides is 2. The Balaban J connectivity index is 3.31. The van der Waals surface area contributed by atoms with Gasteiger partial charge in [-0.25, -0.2) is 4.79 Å². The molecule has 0 radical (unpaired) electrons. The van der Waals surface area contributed by atoms with E-state index in [4.69, 9.17) is 5.73 Å². The average molecular weight is 272 g/mol. The smallest absolute Gasteiger partial charge is 0.387 e. The second-order valence-electron chi connectivity index (χ2n) is 4.42. The first-order valence-corrected chi connectivity index (χ1v) is 6.03. The van der Waals surface area contributed by atoms with Gasteiger partial charge in [-0.2, -0.15) is 8.78 Å². The molecule has 0 unspecified atom stereocenters. The van der Waals surface area contributed by atoms with E-state index in [1.54, 1.807) is 0 Å². The van der Waals surface area contributed by atoms with Crippen molar-refractivity contribution in [2.75, 3.05) is 5.32 Å². The van der Waals surface area contributed by atoms with Crippen molar-refractivity contribution in [3.8, 4) is 5.75 Å². The first-order chi connectivity index (χ1) is 8.85. The lowest BCUT2D eigenvalue weighted by molar-refractivity contribution is -0.0499. The molecule has 1 aromatic rings. The zero-order chi connectivity index (χ0) is 14.6. The van der Waals surface area contributed by atoms with Gasteiger partial charge >= 0.3 is 12.6 Å². The molecule has 6 heteroatoms. The summed E-state index contributed by atoms with van der Waals surface area (Å²) in [5.41, 5.74) is 7.14. The average Bonchev–Trinajstić information content (AvgIpc) is 2.28. The molecule has 0 fully saturated rings. The minimum atomic E-state index is -2.88. The van der Waals surface area contributed by atoms with E-state index in [0.717, 1.165) is 0 Å². The van der Waals surface area contributed by atoms with Gasteiger partial charge in [-0.05, 0) is 35.6 Å². The molecule has 0 aliphatic carbocycles. The Hall–Kier alpha value is -1.85. The number of alkyl halides is 2. The molecule has 3 N–H and O–H groups in total. The van der Waals surface area contributed by atoms with Crippen LogP contribution in [0.1, 0.15) is 37.8 Å². The molecule has 19 heavy (non-hydrogen) atoms. The third-order valence-corrected chi connectivity index (χ3v) is 2.70. The van der Waals surface area contributed by atoms with Crippen LogP contribution in [0.25, 0.3) is 0 Å². The molecule has 106 valence electrons. The predicted molar refractivity (Wildman–Crippen MR) is 69.7 cm³/mol. The highest BCUT2D eigenvalue weighted by molar-refractivity contribution is 5.90. The lowest BCUT2D eigenvalue weighted by atomic mass is 9.96. The molecular formula is C13H18F2N2O2. The van der Waals surface area contributed by atoms with E-state index in [9.17, 15) is 13.6 Å². The summed E-state index contributed by atoms with van der Waals surface area (Å²) in [6.07, 6.45) is 0.565. The van der Waals surface area contributed by atoms with E-state index >= 15 is 0 Å². The summed E-state index contributed by atoms with van der Waals surface area (Å²) < 4.78 is 29.0. The van der Waals surface area contributed by atoms with Gasteiger partial charge < -0.3 is 15.8 Å². The minimum absolute atomic E-state index is 0.0355. The van der Waals surface area contributed by atoms with Gasteiger partial charge in [0.2, 0.25) is 0 Å². The number of halogens is 2. The van der Waals surface area contributed by atoms with Gasteiger partial charge in [0.15, 0.2) is 0 Å². The van der Waals surface area contributed by atoms with Crippen LogP contribution in [0, 0.1) is 0 Å². The third kappa shape index (κ3) is 4.08. The van der Waals surface area contributed by atoms with Crippen LogP contribution in [-0.4, -0.2) is 12.6 Å². The first kappa shape index (κ1) is 15.2. The Morgan fingerprint density at radius 3 is 2.47 bits per heavy atom. The molecule has 1 aromatic carbocycles. The zero-order valence-corrected chi connectivity index (χ0v) is 11.2. The normalized spacial score (nSPS) is 10.9. The number of carbonyl (C=O) groups excluding carboxylic acids is 1. The molecule has 4 nitrogen and oxygen atoms in total. The van der Waals surface area contributed by atoms with Crippen molar-refractivity contribution in [3.63, 3.8) is 0 Å². The number of carbonyl (C=O) groups is 1. The minimum Gasteiger partial charge on any atom is -0.435 e. The summed E-state index contributed by atoms with van der Waals surface area (Å²) in [6, 6.07) is 2.31. The van der Waals surface area contributed by atoms with E-state index in [0.29, 0.717) is 23.2 Å². The number of benzene rings is 1. The van der Waals surface area contributed by atoms with Crippen molar-refractivity contribution in [2.24, 2.45) is 5.73 Å². The Morgan fingerprint density at radius 1 is 1.42 bits per heavy atom. The second-order valence-corrected chi connectivity index (χ2v) is 4.42. The van der Waals surface area contributed by atoms with Gasteiger partial charge in [-0.3, -0.25) is 0 Å². The van der Waals surface area contributed by atoms with Gasteiger partial charge in [0.1, 0.15) is 5.75 Å². The number of nitrogens with two attached hydrogens (primary N) is 1. The molecule has 0 aromatic heterocycles. The van der Waals surface area contributed by atoms with Gasteiger partial charge in [0, 0.05) is 5.69 Å². The standard InChI is InChI=1S/C13H18F2N2O2/c1-4-8-5-9(19-12(14)15)6-10(7(2)3)11(8)17-13(16)18/h5-7,12H,4H2,1-3H3,(H3,16,17,18). The van der Waals surface area contributed by atoms with Crippen molar-refractivity contribution < 1.29 is 18.3 Å². The summed E-state index contributed by atoms with van der Waals surface area (Å²) in [4.78, 5) is 11.0. The van der Waals surface area contributed by atoms with Crippen LogP contribution in [0.5, 0.6) is 5.75 Å². The fourth-order valence-electron chi connectivity index (χ4n) is 1.88. The maximum atomic E-state index is 12.3. The van der Waals surface area contributed by atoms with Crippen molar-refractivity contribution in [1.29, 1.82) is 0 Å². The topological polar surface area (TPSA) is 64.3 Å². The molecule has 1 rings (SSSR count). The number of urea groups is 1. The molecule has 0 aliphatic heterocycles. The number of primary amides is 1. The molecule has 0 aliphatic rings. The Kier molecular flexibility index (Phi) is 5.09. The molecule has 0 heterocycles. The predicted octanol–water partition coefficient (Wildman–Crippen LogP) is 3.46. The molecule has 0 saturated carbocycles. The Labute approximate surface area is 110 Å². The van der Waals surface area contributed by atoms with E-state index in [1.807, 2.05) is 20.8 Å². The van der Waals surface area contributed by atoms with E-state index in [-0.39, 0.29) is 11.7 Å². The van der Waals surface area contributed by atoms with Crippen molar-refractivity contribution in [2.45, 2.75) is 39.7 Å². The van der Waals surface area contributed by atoms with Crippen LogP contribution >= 0.6 is 0 Å². The largest absolute Gasteiger partial charge is 0.435 e. The van der Waals surface area contributed by atoms with Crippen molar-refractivity contribution in [1.82, 2.24) is 0 Å². The highest BCUT2D eigenvalue weighted by Gasteiger charge is 2.16. The SMILES string of the molecule is CCc1cc(OC(F)F)cc(C(C)C)c1NC(N)=O. The van der Waals surface area contributed by atoms with Crippen molar-refractivity contribution >= 4 is 11.7 Å². The molecule has 0 spiro atoms. The summed E-state index contributed by atoms with van der Waals surface area (Å²) in [5.74, 6) is 0.124. The summed E-state index contributed by atoms with van der Waals surface area (Å²) in [6.45, 7) is 2.78. The fourth-order valence-corrected chi connectivity index (χ4v) is 1.88. The molecule has 0 saturated heterocycles. The van der Waals surface area contributed by atoms with Gasteiger partial charge in [-0.1, -0.05) is 20.8 Å². The quantitative estimate of drug-likeness (QED) is 0.862. The van der Waals surface area contributed by atoms with E-state index in [1.165, 1.54) is 12.1 Å². The monoisotopic (exact) mass is 272 g/mol. The molecule has 2 amide bonds. The third-order valence-electron chi connectivity index (χ3n) is 2.70. The fraction of sp³-hybridized carbons (Fsp3) is 0.462. The number of hydrogen-bond acceptors (Lipinski definition) is 2. The van der Waals surface area contributed by atoms with Gasteiger partial charge in [-0.15, -0.1) is 0 Å². The van der Waals surface area contributed by atoms with E-state index in [2.05, 4.69) is 10.1 Å². The highest BCUT2D eigenvalue weighted by atomic mass is 19.3. The van der Waals surface area contributed by atoms with Crippen LogP contribution in [0.4, 0.5) is 19.3 Å². The number of aryl methyl sites for hydroxylation is 1. The van der Waals surface area contributed by atoms with Crippen LogP contribution in [0.3, 0.4) is 0 Å². The van der Waals surface area contributed by atoms with E-state index < -0.39 is 12.6 Å². The van der Waals surface area contributed by atoms with Crippen LogP contribution in [-0.2, 0) is 6.42 Å². The lowest BCUT2D eigenvalue weighted by Crippen LogP contribution is -2.21. The highest BCUT2D eigenvalue weighted by Crippen LogP contribution is 2.33. The maximum absolute atomic E-state index is 12.3. The molecule has 0 bridgehead atoms. The number of anilines is 1. The number of hydrogen-bond donors (Lipinski definition) is 2. The van der Waals surface area contributed by atoms with Gasteiger partial charge in [0.25, 0.3) is 0 Å². The second kappa shape index (κ2) is 6.36. The van der Waals surface area contributed by atoms with Gasteiger partial charge in [0.05, 0.1) is 0 Å². The zero-order valence-electron chi connectivity index (χ0n) is 11.2. The van der Waals surface area contributed by atoms with Crippen LogP contribution < -0.4 is 15.8 Å². The first-order valence-electron chi connectivity index (χ1n) is 6.03. The summed E-state index contributed by atoms with van der Waals surface area (Å²) >= 11 is 0. The summed E-state index contributed by atoms with van der Waals surface area (Å²) in [7, 11) is 0. The lowest BCUT2D eigenvalue weighted by Gasteiger charge is -2.19. The molecule has 0 atom stereocenters. The van der Waals surface area contributed by atoms with Crippen LogP contribution in [0.2, 0.25) is 0 Å².